The van der Waals surface area contributed by atoms with Crippen LogP contribution in [-0.2, 0) is 16.1 Å². The first kappa shape index (κ1) is 20.8. The number of nitrogens with two attached hydrogens (primary N) is 2. The molecular formula is C22H28N4O3. The normalized spacial score (nSPS) is 16.3. The average Bonchev–Trinajstić information content (AvgIpc) is 2.71. The van der Waals surface area contributed by atoms with E-state index in [4.69, 9.17) is 16.2 Å². The first-order valence-electron chi connectivity index (χ1n) is 9.85. The molecule has 5 N–H and O–H groups in total. The molecule has 1 fully saturated rings. The summed E-state index contributed by atoms with van der Waals surface area (Å²) >= 11 is 0. The molecule has 0 radical (unpaired) electrons. The van der Waals surface area contributed by atoms with Crippen molar-refractivity contribution >= 4 is 23.2 Å². The third-order valence-corrected chi connectivity index (χ3v) is 5.18. The molecule has 0 aliphatic carbocycles. The average molecular weight is 396 g/mol. The van der Waals surface area contributed by atoms with E-state index in [1.165, 1.54) is 11.6 Å². The highest BCUT2D eigenvalue weighted by Crippen LogP contribution is 2.23. The second-order valence-corrected chi connectivity index (χ2v) is 7.36. The molecule has 2 amide bonds. The third-order valence-electron chi connectivity index (χ3n) is 5.18. The number of primary amides is 1. The topological polar surface area (TPSA) is 111 Å². The lowest BCUT2D eigenvalue weighted by molar-refractivity contribution is -0.131. The molecule has 3 rings (SSSR count). The molecule has 154 valence electrons. The van der Waals surface area contributed by atoms with Crippen molar-refractivity contribution in [3.63, 3.8) is 0 Å². The number of rotatable bonds is 7. The van der Waals surface area contributed by atoms with Crippen molar-refractivity contribution in [1.29, 1.82) is 0 Å². The summed E-state index contributed by atoms with van der Waals surface area (Å²) in [6, 6.07) is 15.2. The summed E-state index contributed by atoms with van der Waals surface area (Å²) in [5.74, 6) is -0.935. The predicted molar refractivity (Wildman–Crippen MR) is 113 cm³/mol. The quantitative estimate of drug-likeness (QED) is 0.622. The Morgan fingerprint density at radius 2 is 1.83 bits per heavy atom. The highest BCUT2D eigenvalue weighted by Gasteiger charge is 2.24. The molecule has 1 saturated heterocycles. The SMILES string of the molecule is CC(OC1CCN(Cc2ccccc2)CC1)C(=O)Nc1cccc(C(N)=O)c1N. The van der Waals surface area contributed by atoms with Crippen molar-refractivity contribution in [2.75, 3.05) is 24.1 Å². The van der Waals surface area contributed by atoms with E-state index < -0.39 is 12.0 Å². The molecule has 7 heteroatoms. The van der Waals surface area contributed by atoms with Crippen molar-refractivity contribution in [2.45, 2.75) is 38.5 Å². The van der Waals surface area contributed by atoms with Crippen molar-refractivity contribution in [1.82, 2.24) is 4.90 Å². The molecule has 0 bridgehead atoms. The number of anilines is 2. The van der Waals surface area contributed by atoms with Gasteiger partial charge in [0.2, 0.25) is 0 Å². The minimum absolute atomic E-state index is 0.0390. The highest BCUT2D eigenvalue weighted by atomic mass is 16.5. The molecule has 1 aliphatic heterocycles. The zero-order valence-corrected chi connectivity index (χ0v) is 16.6. The van der Waals surface area contributed by atoms with Gasteiger partial charge in [0.1, 0.15) is 6.10 Å². The van der Waals surface area contributed by atoms with E-state index in [-0.39, 0.29) is 23.3 Å². The van der Waals surface area contributed by atoms with Crippen molar-refractivity contribution < 1.29 is 14.3 Å². The zero-order chi connectivity index (χ0) is 20.8. The van der Waals surface area contributed by atoms with Crippen LogP contribution in [0.2, 0.25) is 0 Å². The Morgan fingerprint density at radius 1 is 1.14 bits per heavy atom. The molecule has 1 unspecified atom stereocenters. The first-order valence-corrected chi connectivity index (χ1v) is 9.85. The van der Waals surface area contributed by atoms with E-state index in [2.05, 4.69) is 34.5 Å². The van der Waals surface area contributed by atoms with Gasteiger partial charge >= 0.3 is 0 Å². The van der Waals surface area contributed by atoms with E-state index in [0.29, 0.717) is 5.69 Å². The van der Waals surface area contributed by atoms with E-state index in [1.807, 2.05) is 6.07 Å². The number of benzene rings is 2. The summed E-state index contributed by atoms with van der Waals surface area (Å²) in [4.78, 5) is 26.3. The summed E-state index contributed by atoms with van der Waals surface area (Å²) in [5.41, 5.74) is 13.2. The van der Waals surface area contributed by atoms with Gasteiger partial charge in [-0.05, 0) is 37.5 Å². The first-order chi connectivity index (χ1) is 13.9. The number of hydrogen-bond acceptors (Lipinski definition) is 5. The van der Waals surface area contributed by atoms with Gasteiger partial charge in [-0.1, -0.05) is 36.4 Å². The number of nitrogen functional groups attached to an aromatic ring is 1. The molecule has 0 spiro atoms. The van der Waals surface area contributed by atoms with Crippen LogP contribution in [0.5, 0.6) is 0 Å². The summed E-state index contributed by atoms with van der Waals surface area (Å²) in [6.07, 6.45) is 1.17. The predicted octanol–water partition coefficient (Wildman–Crippen LogP) is 2.38. The van der Waals surface area contributed by atoms with Crippen molar-refractivity contribution in [2.24, 2.45) is 5.73 Å². The lowest BCUT2D eigenvalue weighted by Gasteiger charge is -2.33. The summed E-state index contributed by atoms with van der Waals surface area (Å²) in [7, 11) is 0. The Bertz CT molecular complexity index is 848. The van der Waals surface area contributed by atoms with E-state index >= 15 is 0 Å². The fourth-order valence-corrected chi connectivity index (χ4v) is 3.52. The minimum atomic E-state index is -0.634. The van der Waals surface area contributed by atoms with Gasteiger partial charge in [0.15, 0.2) is 0 Å². The van der Waals surface area contributed by atoms with Crippen LogP contribution in [0.1, 0.15) is 35.7 Å². The van der Waals surface area contributed by atoms with Gasteiger partial charge in [-0.3, -0.25) is 14.5 Å². The monoisotopic (exact) mass is 396 g/mol. The third kappa shape index (κ3) is 5.56. The number of likely N-dealkylation sites (tertiary alicyclic amines) is 1. The number of hydrogen-bond donors (Lipinski definition) is 3. The smallest absolute Gasteiger partial charge is 0.253 e. The van der Waals surface area contributed by atoms with Crippen LogP contribution in [0.3, 0.4) is 0 Å². The van der Waals surface area contributed by atoms with Gasteiger partial charge < -0.3 is 21.5 Å². The van der Waals surface area contributed by atoms with Crippen LogP contribution >= 0.6 is 0 Å². The maximum atomic E-state index is 12.5. The largest absolute Gasteiger partial charge is 0.396 e. The maximum absolute atomic E-state index is 12.5. The molecule has 1 atom stereocenters. The maximum Gasteiger partial charge on any atom is 0.253 e. The fourth-order valence-electron chi connectivity index (χ4n) is 3.52. The molecule has 2 aromatic carbocycles. The number of para-hydroxylation sites is 1. The number of nitrogens with one attached hydrogen (secondary N) is 1. The second kappa shape index (κ2) is 9.54. The number of carbonyl (C=O) groups excluding carboxylic acids is 2. The van der Waals surface area contributed by atoms with E-state index in [0.717, 1.165) is 32.5 Å². The van der Waals surface area contributed by atoms with Crippen LogP contribution in [0.15, 0.2) is 48.5 Å². The molecule has 1 aliphatic rings. The lowest BCUT2D eigenvalue weighted by atomic mass is 10.1. The van der Waals surface area contributed by atoms with E-state index in [1.54, 1.807) is 19.1 Å². The van der Waals surface area contributed by atoms with Crippen LogP contribution in [0.25, 0.3) is 0 Å². The molecule has 0 aromatic heterocycles. The van der Waals surface area contributed by atoms with Crippen molar-refractivity contribution in [3.05, 3.63) is 59.7 Å². The van der Waals surface area contributed by atoms with E-state index in [9.17, 15) is 9.59 Å². The van der Waals surface area contributed by atoms with Gasteiger partial charge in [0.05, 0.1) is 23.0 Å². The van der Waals surface area contributed by atoms with Gasteiger partial charge in [0, 0.05) is 19.6 Å². The molecule has 1 heterocycles. The summed E-state index contributed by atoms with van der Waals surface area (Å²) in [5, 5.41) is 2.73. The molecule has 2 aromatic rings. The van der Waals surface area contributed by atoms with Crippen LogP contribution in [0, 0.1) is 0 Å². The molecule has 0 saturated carbocycles. The number of amides is 2. The highest BCUT2D eigenvalue weighted by molar-refractivity contribution is 6.04. The van der Waals surface area contributed by atoms with Gasteiger partial charge in [-0.25, -0.2) is 0 Å². The number of carbonyl (C=O) groups is 2. The number of ether oxygens (including phenoxy) is 1. The zero-order valence-electron chi connectivity index (χ0n) is 16.6. The Labute approximate surface area is 171 Å². The molecule has 29 heavy (non-hydrogen) atoms. The summed E-state index contributed by atoms with van der Waals surface area (Å²) in [6.45, 7) is 4.52. The van der Waals surface area contributed by atoms with Gasteiger partial charge in [-0.15, -0.1) is 0 Å². The number of piperidine rings is 1. The number of nitrogens with zero attached hydrogens (tertiary/aromatic N) is 1. The minimum Gasteiger partial charge on any atom is -0.396 e. The Hall–Kier alpha value is -2.90. The van der Waals surface area contributed by atoms with Crippen LogP contribution in [0.4, 0.5) is 11.4 Å². The van der Waals surface area contributed by atoms with Crippen LogP contribution < -0.4 is 16.8 Å². The van der Waals surface area contributed by atoms with Crippen LogP contribution in [-0.4, -0.2) is 42.0 Å². The molecule has 7 nitrogen and oxygen atoms in total. The van der Waals surface area contributed by atoms with Crippen molar-refractivity contribution in [3.8, 4) is 0 Å². The fraction of sp³-hybridized carbons (Fsp3) is 0.364. The van der Waals surface area contributed by atoms with Gasteiger partial charge in [0.25, 0.3) is 11.8 Å². The molecular weight excluding hydrogens is 368 g/mol. The standard InChI is InChI=1S/C22H28N4O3/c1-15(22(28)25-19-9-5-8-18(20(19)23)21(24)27)29-17-10-12-26(13-11-17)14-16-6-3-2-4-7-16/h2-9,15,17H,10-14,23H2,1H3,(H2,24,27)(H,25,28). The lowest BCUT2D eigenvalue weighted by Crippen LogP contribution is -2.40. The Morgan fingerprint density at radius 3 is 2.48 bits per heavy atom. The Kier molecular flexibility index (Phi) is 6.85. The van der Waals surface area contributed by atoms with Gasteiger partial charge in [-0.2, -0.15) is 0 Å². The Balaban J connectivity index is 1.48. The summed E-state index contributed by atoms with van der Waals surface area (Å²) < 4.78 is 5.97. The second-order valence-electron chi connectivity index (χ2n) is 7.36.